The number of nitrogens with two attached hydrogens (primary N) is 1. The van der Waals surface area contributed by atoms with E-state index in [-0.39, 0.29) is 75.4 Å². The SMILES string of the molecule is CCC1CCC(O)(c2cccc(Cc3c(O)c4c5c(c3OC3OC(C)C(O)C(O)(O)C3O)CC#CC(N)CCC(O)Cc3cccc(c3)C=Cc3c(OC(C)=O)cc(CO)c(c3C5=O)C4=O)c2C=O)C1. The van der Waals surface area contributed by atoms with Crippen molar-refractivity contribution < 1.29 is 74.2 Å². The smallest absolute Gasteiger partial charge is 0.308 e. The number of hydrogen-bond acceptors (Lipinski definition) is 16. The van der Waals surface area contributed by atoms with Gasteiger partial charge in [-0.2, -0.15) is 0 Å². The van der Waals surface area contributed by atoms with Gasteiger partial charge in [-0.25, -0.2) is 0 Å². The minimum absolute atomic E-state index is 0.0511. The average molecular weight is 960 g/mol. The molecule has 2 fully saturated rings. The number of aliphatic hydroxyl groups excluding tert-OH is 4. The van der Waals surface area contributed by atoms with Crippen molar-refractivity contribution in [1.82, 2.24) is 0 Å². The fourth-order valence-electron chi connectivity index (χ4n) is 10.4. The topological polar surface area (TPSA) is 284 Å². The molecule has 16 heteroatoms. The van der Waals surface area contributed by atoms with E-state index in [0.717, 1.165) is 18.9 Å². The molecule has 0 radical (unpaired) electrons. The molecule has 4 aromatic rings. The Labute approximate surface area is 404 Å². The van der Waals surface area contributed by atoms with Crippen molar-refractivity contribution in [3.05, 3.63) is 121 Å². The summed E-state index contributed by atoms with van der Waals surface area (Å²) in [7, 11) is 0. The van der Waals surface area contributed by atoms with Crippen molar-refractivity contribution in [2.45, 2.75) is 133 Å². The van der Waals surface area contributed by atoms with Crippen molar-refractivity contribution in [3.8, 4) is 29.1 Å². The molecule has 368 valence electrons. The van der Waals surface area contributed by atoms with E-state index in [1.807, 2.05) is 19.1 Å². The van der Waals surface area contributed by atoms with Crippen LogP contribution in [0.4, 0.5) is 0 Å². The lowest BCUT2D eigenvalue weighted by Crippen LogP contribution is -2.67. The lowest BCUT2D eigenvalue weighted by molar-refractivity contribution is -0.371. The van der Waals surface area contributed by atoms with E-state index in [0.29, 0.717) is 36.7 Å². The molecule has 8 rings (SSSR count). The summed E-state index contributed by atoms with van der Waals surface area (Å²) in [5.74, 6) is -1.24. The van der Waals surface area contributed by atoms with Gasteiger partial charge < -0.3 is 60.8 Å². The van der Waals surface area contributed by atoms with Crippen LogP contribution in [0.5, 0.6) is 17.2 Å². The summed E-state index contributed by atoms with van der Waals surface area (Å²) in [6.07, 6.45) is -2.90. The molecule has 10 N–H and O–H groups in total. The second-order valence-corrected chi connectivity index (χ2v) is 18.8. The highest BCUT2D eigenvalue weighted by Gasteiger charge is 2.55. The number of fused-ring (bicyclic) bond motifs is 2. The van der Waals surface area contributed by atoms with Gasteiger partial charge in [0.1, 0.15) is 23.4 Å². The van der Waals surface area contributed by atoms with Crippen LogP contribution in [-0.4, -0.2) is 107 Å². The number of carbonyl (C=O) groups excluding carboxylic acids is 4. The fraction of sp³-hybridized carbons (Fsp3) is 0.407. The van der Waals surface area contributed by atoms with E-state index in [4.69, 9.17) is 19.9 Å². The Balaban J connectivity index is 1.44. The molecule has 8 unspecified atom stereocenters. The summed E-state index contributed by atoms with van der Waals surface area (Å²) >= 11 is 0. The number of ketones is 2. The van der Waals surface area contributed by atoms with E-state index < -0.39 is 108 Å². The number of hydrogen-bond donors (Lipinski definition) is 9. The third-order valence-corrected chi connectivity index (χ3v) is 14.1. The first-order chi connectivity index (χ1) is 33.3. The minimum Gasteiger partial charge on any atom is -0.507 e. The summed E-state index contributed by atoms with van der Waals surface area (Å²) in [6, 6.07) is 12.4. The number of aldehydes is 1. The van der Waals surface area contributed by atoms with Crippen molar-refractivity contribution in [1.29, 1.82) is 0 Å². The number of ether oxygens (including phenoxy) is 3. The van der Waals surface area contributed by atoms with Crippen molar-refractivity contribution in [2.75, 3.05) is 0 Å². The van der Waals surface area contributed by atoms with Gasteiger partial charge in [-0.15, -0.1) is 0 Å². The molecule has 8 atom stereocenters. The molecule has 3 aliphatic carbocycles. The van der Waals surface area contributed by atoms with Gasteiger partial charge in [-0.05, 0) is 91.3 Å². The molecule has 4 bridgehead atoms. The van der Waals surface area contributed by atoms with Gasteiger partial charge in [0.25, 0.3) is 0 Å². The lowest BCUT2D eigenvalue weighted by atomic mass is 9.75. The quantitative estimate of drug-likeness (QED) is 0.0335. The molecule has 0 spiro atoms. The first-order valence-corrected chi connectivity index (χ1v) is 23.4. The normalized spacial score (nSPS) is 26.1. The van der Waals surface area contributed by atoms with E-state index in [2.05, 4.69) is 11.8 Å². The Bertz CT molecular complexity index is 2860. The van der Waals surface area contributed by atoms with Gasteiger partial charge in [-0.1, -0.05) is 73.7 Å². The van der Waals surface area contributed by atoms with Gasteiger partial charge in [-0.3, -0.25) is 19.2 Å². The highest BCUT2D eigenvalue weighted by Crippen LogP contribution is 2.50. The predicted octanol–water partition coefficient (Wildman–Crippen LogP) is 3.65. The number of phenolic OH excluding ortho intramolecular Hbond substituents is 1. The largest absolute Gasteiger partial charge is 0.507 e. The van der Waals surface area contributed by atoms with Crippen LogP contribution in [0.1, 0.15) is 146 Å². The van der Waals surface area contributed by atoms with Crippen molar-refractivity contribution in [2.24, 2.45) is 11.7 Å². The molecule has 4 aromatic carbocycles. The van der Waals surface area contributed by atoms with Crippen LogP contribution in [0.3, 0.4) is 0 Å². The number of aromatic hydroxyl groups is 1. The van der Waals surface area contributed by atoms with Crippen LogP contribution >= 0.6 is 0 Å². The molecule has 1 aliphatic heterocycles. The Hall–Kier alpha value is -6.10. The Morgan fingerprint density at radius 2 is 1.69 bits per heavy atom. The summed E-state index contributed by atoms with van der Waals surface area (Å²) in [5, 5.41) is 90.5. The van der Waals surface area contributed by atoms with Crippen molar-refractivity contribution in [3.63, 3.8) is 0 Å². The predicted molar refractivity (Wildman–Crippen MR) is 253 cm³/mol. The van der Waals surface area contributed by atoms with Crippen LogP contribution in [0, 0.1) is 17.8 Å². The number of benzene rings is 4. The Morgan fingerprint density at radius 3 is 2.39 bits per heavy atom. The first kappa shape index (κ1) is 50.3. The van der Waals surface area contributed by atoms with Gasteiger partial charge in [0, 0.05) is 58.7 Å². The Morgan fingerprint density at radius 1 is 0.943 bits per heavy atom. The van der Waals surface area contributed by atoms with Crippen LogP contribution < -0.4 is 15.2 Å². The third-order valence-electron chi connectivity index (χ3n) is 14.1. The van der Waals surface area contributed by atoms with Crippen LogP contribution in [0.15, 0.2) is 48.5 Å². The number of rotatable bonds is 9. The Kier molecular flexibility index (Phi) is 14.3. The highest BCUT2D eigenvalue weighted by atomic mass is 16.7. The summed E-state index contributed by atoms with van der Waals surface area (Å²) in [6.45, 7) is 3.61. The molecule has 1 heterocycles. The molecular formula is C54H57NO15. The lowest BCUT2D eigenvalue weighted by Gasteiger charge is -2.44. The first-order valence-electron chi connectivity index (χ1n) is 23.4. The number of carbonyl (C=O) groups is 4. The summed E-state index contributed by atoms with van der Waals surface area (Å²) in [5.41, 5.74) is 4.88. The maximum Gasteiger partial charge on any atom is 0.308 e. The molecule has 1 saturated carbocycles. The minimum atomic E-state index is -3.22. The molecule has 0 aromatic heterocycles. The van der Waals surface area contributed by atoms with Gasteiger partial charge in [0.2, 0.25) is 12.1 Å². The molecule has 1 saturated heterocycles. The standard InChI is InChI=1S/C54H57NO15/c1-4-29-18-19-53(65,24-29)40-13-6-10-32(39(40)26-57)22-38-46(60)45-44-37(49(38)70-52-51(64)54(66,67)50(63)27(2)68-52)12-7-11-34(55)15-16-35(59)21-31-9-5-8-30(20-31)14-17-36-41(69-28(3)58)23-33(25-56)42(47(45)61)43(36)48(44)62/h5-6,8-10,13-14,17,20,23,26-27,29,34-35,50-52,56,59-60,63-67H,4,12,15-16,18-19,21-22,24-25,55H2,1-3H3. The molecule has 70 heavy (non-hydrogen) atoms. The van der Waals surface area contributed by atoms with E-state index in [1.165, 1.54) is 19.1 Å². The third kappa shape index (κ3) is 9.33. The zero-order valence-corrected chi connectivity index (χ0v) is 39.0. The maximum absolute atomic E-state index is 15.7. The molecule has 0 amide bonds. The highest BCUT2D eigenvalue weighted by molar-refractivity contribution is 6.32. The fourth-order valence-corrected chi connectivity index (χ4v) is 10.4. The second kappa shape index (κ2) is 20.0. The zero-order chi connectivity index (χ0) is 50.4. The number of aliphatic hydroxyl groups is 7. The number of phenols is 1. The van der Waals surface area contributed by atoms with Crippen LogP contribution in [0.2, 0.25) is 0 Å². The van der Waals surface area contributed by atoms with Crippen LogP contribution in [0.25, 0.3) is 12.2 Å². The summed E-state index contributed by atoms with van der Waals surface area (Å²) in [4.78, 5) is 56.9. The van der Waals surface area contributed by atoms with E-state index in [1.54, 1.807) is 36.4 Å². The zero-order valence-electron chi connectivity index (χ0n) is 39.0. The molecule has 16 nitrogen and oxygen atoms in total. The van der Waals surface area contributed by atoms with Crippen LogP contribution in [-0.2, 0) is 41.0 Å². The average Bonchev–Trinajstić information content (AvgIpc) is 3.73. The van der Waals surface area contributed by atoms with E-state index in [9.17, 15) is 50.4 Å². The number of esters is 1. The van der Waals surface area contributed by atoms with Gasteiger partial charge in [0.15, 0.2) is 24.0 Å². The maximum atomic E-state index is 15.7. The van der Waals surface area contributed by atoms with Crippen molar-refractivity contribution >= 4 is 36.0 Å². The summed E-state index contributed by atoms with van der Waals surface area (Å²) < 4.78 is 17.8. The monoisotopic (exact) mass is 959 g/mol. The van der Waals surface area contributed by atoms with Gasteiger partial charge in [0.05, 0.1) is 36.0 Å². The molecule has 4 aliphatic rings. The second-order valence-electron chi connectivity index (χ2n) is 18.8. The van der Waals surface area contributed by atoms with Gasteiger partial charge >= 0.3 is 5.97 Å². The molecular weight excluding hydrogens is 903 g/mol. The van der Waals surface area contributed by atoms with E-state index >= 15 is 9.59 Å².